The number of fused-ring (bicyclic) bond motifs is 1. The van der Waals surface area contributed by atoms with E-state index >= 15 is 9.59 Å². The number of hydrogen-bond acceptors (Lipinski definition) is 18. The van der Waals surface area contributed by atoms with Gasteiger partial charge in [-0.25, -0.2) is 28.8 Å². The molecule has 106 heavy (non-hydrogen) atoms. The number of carbonyl (C=O) groups is 10. The van der Waals surface area contributed by atoms with Crippen molar-refractivity contribution in [1.29, 1.82) is 0 Å². The molecule has 8 aromatic carbocycles. The molecule has 0 radical (unpaired) electrons. The fourth-order valence-electron chi connectivity index (χ4n) is 11.8. The topological polar surface area (TPSA) is 326 Å². The molecule has 534 valence electrons. The van der Waals surface area contributed by atoms with Crippen molar-refractivity contribution in [3.8, 4) is 49.4 Å². The molecule has 8 aromatic rings. The summed E-state index contributed by atoms with van der Waals surface area (Å²) in [7, 11) is 0. The smallest absolute Gasteiger partial charge is 0.339 e. The van der Waals surface area contributed by atoms with Crippen LogP contribution >= 0.6 is 0 Å². The third-order valence-electron chi connectivity index (χ3n) is 17.1. The number of rotatable bonds is 30. The van der Waals surface area contributed by atoms with E-state index in [1.807, 2.05) is 0 Å². The van der Waals surface area contributed by atoms with Crippen LogP contribution in [0.3, 0.4) is 0 Å². The summed E-state index contributed by atoms with van der Waals surface area (Å²) in [6.45, 7) is -6.60. The minimum absolute atomic E-state index is 0.0166. The van der Waals surface area contributed by atoms with Gasteiger partial charge in [0, 0.05) is 57.6 Å². The SMILES string of the molecule is C#Cc1ccc(CC(=O)c2ccccc2C(=O)OCC(O)CN2C(=O)N(CC(O)COC(=O)c3ccccc3C(=O)Cc3ccc(C#C)cc3)C3C2N(CC(O)COC(=O)c2ccccc2C(=O)Nc2ccc(C#C)cc2)C(=O)N3CC(O)COC(=O)c2ccccc2C(=O)Nc2ccc(C#C)cc2)cc1. The van der Waals surface area contributed by atoms with Crippen molar-refractivity contribution in [2.75, 3.05) is 63.2 Å². The summed E-state index contributed by atoms with van der Waals surface area (Å²) in [5.74, 6) is 3.33. The summed E-state index contributed by atoms with van der Waals surface area (Å²) in [5.41, 5.74) is 3.06. The second-order valence-corrected chi connectivity index (χ2v) is 24.4. The van der Waals surface area contributed by atoms with Gasteiger partial charge in [0.25, 0.3) is 11.8 Å². The van der Waals surface area contributed by atoms with E-state index in [1.54, 1.807) is 97.1 Å². The van der Waals surface area contributed by atoms with Gasteiger partial charge < -0.3 is 50.0 Å². The molecule has 24 nitrogen and oxygen atoms in total. The lowest BCUT2D eigenvalue weighted by Gasteiger charge is -2.32. The molecule has 0 aliphatic carbocycles. The van der Waals surface area contributed by atoms with Gasteiger partial charge in [-0.1, -0.05) is 109 Å². The maximum Gasteiger partial charge on any atom is 0.339 e. The number of hydrogen-bond donors (Lipinski definition) is 6. The Morgan fingerprint density at radius 3 is 0.821 bits per heavy atom. The first kappa shape index (κ1) is 75.2. The Labute approximate surface area is 609 Å². The number of β-amino-alcohol motifs (C(OH)–C–C–N with tert-alkyl or cyclic N) is 4. The minimum atomic E-state index is -1.83. The molecule has 6 N–H and O–H groups in total. The van der Waals surface area contributed by atoms with E-state index in [4.69, 9.17) is 44.6 Å². The zero-order valence-electron chi connectivity index (χ0n) is 56.6. The molecule has 2 aliphatic heterocycles. The number of nitrogens with one attached hydrogen (secondary N) is 2. The molecule has 2 fully saturated rings. The number of esters is 4. The number of ketones is 2. The maximum atomic E-state index is 15.3. The Morgan fingerprint density at radius 1 is 0.340 bits per heavy atom. The van der Waals surface area contributed by atoms with Crippen LogP contribution in [0.5, 0.6) is 0 Å². The summed E-state index contributed by atoms with van der Waals surface area (Å²) in [5, 5.41) is 52.9. The first-order chi connectivity index (χ1) is 51.1. The molecule has 6 amide bonds. The van der Waals surface area contributed by atoms with Crippen molar-refractivity contribution in [2.45, 2.75) is 49.6 Å². The minimum Gasteiger partial charge on any atom is -0.459 e. The number of carbonyl (C=O) groups excluding carboxylic acids is 10. The van der Waals surface area contributed by atoms with Gasteiger partial charge in [-0.15, -0.1) is 25.7 Å². The predicted molar refractivity (Wildman–Crippen MR) is 386 cm³/mol. The number of urea groups is 2. The summed E-state index contributed by atoms with van der Waals surface area (Å²) in [6, 6.07) is 46.6. The van der Waals surface area contributed by atoms with Crippen LogP contribution < -0.4 is 10.6 Å². The van der Waals surface area contributed by atoms with Crippen molar-refractivity contribution >= 4 is 70.7 Å². The Hall–Kier alpha value is -13.5. The first-order valence-electron chi connectivity index (χ1n) is 33.0. The van der Waals surface area contributed by atoms with E-state index in [-0.39, 0.29) is 57.3 Å². The van der Waals surface area contributed by atoms with Gasteiger partial charge in [0.05, 0.1) is 59.6 Å². The molecule has 6 unspecified atom stereocenters. The lowest BCUT2D eigenvalue weighted by molar-refractivity contribution is -0.00444. The predicted octanol–water partition coefficient (Wildman–Crippen LogP) is 7.27. The highest BCUT2D eigenvalue weighted by Gasteiger charge is 2.60. The third kappa shape index (κ3) is 18.4. The van der Waals surface area contributed by atoms with Crippen molar-refractivity contribution in [2.24, 2.45) is 0 Å². The van der Waals surface area contributed by atoms with Crippen molar-refractivity contribution in [3.63, 3.8) is 0 Å². The Morgan fingerprint density at radius 2 is 0.566 bits per heavy atom. The number of Topliss-reactive ketones (excluding diaryl/α,β-unsaturated/α-hetero) is 2. The molecule has 2 heterocycles. The van der Waals surface area contributed by atoms with Crippen LogP contribution in [0.1, 0.15) is 116 Å². The summed E-state index contributed by atoms with van der Waals surface area (Å²) in [6.07, 6.45) is 11.1. The highest BCUT2D eigenvalue weighted by atomic mass is 16.6. The van der Waals surface area contributed by atoms with Gasteiger partial charge in [0.1, 0.15) is 63.2 Å². The van der Waals surface area contributed by atoms with Crippen LogP contribution in [0, 0.1) is 49.4 Å². The number of amides is 6. The van der Waals surface area contributed by atoms with Gasteiger partial charge in [0.15, 0.2) is 11.6 Å². The van der Waals surface area contributed by atoms with Gasteiger partial charge in [0.2, 0.25) is 0 Å². The first-order valence-corrected chi connectivity index (χ1v) is 33.0. The highest BCUT2D eigenvalue weighted by molar-refractivity contribution is 6.12. The molecule has 0 bridgehead atoms. The van der Waals surface area contributed by atoms with Crippen molar-refractivity contribution < 1.29 is 87.3 Å². The van der Waals surface area contributed by atoms with Gasteiger partial charge >= 0.3 is 35.9 Å². The molecule has 0 spiro atoms. The average molecular weight is 1430 g/mol. The number of terminal acetylenes is 4. The maximum absolute atomic E-state index is 15.3. The van der Waals surface area contributed by atoms with E-state index in [0.717, 1.165) is 19.6 Å². The summed E-state index contributed by atoms with van der Waals surface area (Å²) in [4.78, 5) is 145. The van der Waals surface area contributed by atoms with Crippen molar-refractivity contribution in [3.05, 3.63) is 272 Å². The Bertz CT molecular complexity index is 4240. The monoisotopic (exact) mass is 1420 g/mol. The number of anilines is 2. The van der Waals surface area contributed by atoms with E-state index in [9.17, 15) is 58.8 Å². The quantitative estimate of drug-likeness (QED) is 0.0112. The highest BCUT2D eigenvalue weighted by Crippen LogP contribution is 2.37. The lowest BCUT2D eigenvalue weighted by Crippen LogP contribution is -2.52. The molecular weight excluding hydrogens is 1360 g/mol. The fourth-order valence-corrected chi connectivity index (χ4v) is 11.8. The van der Waals surface area contributed by atoms with E-state index in [0.29, 0.717) is 44.8 Å². The van der Waals surface area contributed by atoms with Crippen LogP contribution in [0.25, 0.3) is 0 Å². The normalized spacial score (nSPS) is 14.7. The summed E-state index contributed by atoms with van der Waals surface area (Å²) >= 11 is 0. The molecule has 0 aromatic heterocycles. The van der Waals surface area contributed by atoms with E-state index < -0.39 is 149 Å². The molecule has 2 aliphatic rings. The zero-order chi connectivity index (χ0) is 75.6. The number of ether oxygens (including phenoxy) is 4. The summed E-state index contributed by atoms with van der Waals surface area (Å²) < 4.78 is 22.3. The molecular formula is C82H68N6O18. The van der Waals surface area contributed by atoms with Crippen LogP contribution in [-0.2, 0) is 31.8 Å². The Balaban J connectivity index is 0.918. The largest absolute Gasteiger partial charge is 0.459 e. The number of aliphatic hydroxyl groups excluding tert-OH is 4. The van der Waals surface area contributed by atoms with Crippen molar-refractivity contribution in [1.82, 2.24) is 19.6 Å². The Kier molecular flexibility index (Phi) is 24.8. The van der Waals surface area contributed by atoms with Crippen LogP contribution in [0.2, 0.25) is 0 Å². The number of benzene rings is 8. The lowest BCUT2D eigenvalue weighted by atomic mass is 9.98. The third-order valence-corrected chi connectivity index (χ3v) is 17.1. The zero-order valence-corrected chi connectivity index (χ0v) is 56.6. The second kappa shape index (κ2) is 34.9. The molecule has 24 heteroatoms. The van der Waals surface area contributed by atoms with Gasteiger partial charge in [-0.2, -0.15) is 0 Å². The average Bonchev–Trinajstić information content (AvgIpc) is 1.57. The standard InChI is InChI=1S/C82H68N6O18/c1-5-51-25-29-55(30-26-51)41-71(93)63-17-9-13-21-67(63)77(97)103-47-59(89)43-85-75-76(86(81(85)101)44-60(90)48-104-78(98)68-22-14-10-18-64(68)72(94)42-56-31-27-52(6-2)28-32-56)88(46-62(92)50-106-80(100)70-24-16-12-20-66(70)74(96)84-58-39-35-54(8-4)36-40-58)82(102)87(75)45-61(91)49-105-79(99)69-23-15-11-19-65(69)73(95)83-57-37-33-53(7-3)34-38-57/h1-4,9-40,59-62,75-76,89-92H,41-50H2,(H,83,95)(H,84,96). The second-order valence-electron chi connectivity index (χ2n) is 24.4. The molecule has 0 saturated carbocycles. The molecule has 2 saturated heterocycles. The van der Waals surface area contributed by atoms with E-state index in [2.05, 4.69) is 34.3 Å². The van der Waals surface area contributed by atoms with Gasteiger partial charge in [-0.05, 0) is 120 Å². The number of nitrogens with zero attached hydrogens (tertiary/aromatic N) is 4. The molecule has 6 atom stereocenters. The van der Waals surface area contributed by atoms with Crippen LogP contribution in [0.4, 0.5) is 21.0 Å². The number of aliphatic hydroxyl groups is 4. The van der Waals surface area contributed by atoms with E-state index in [1.165, 1.54) is 97.1 Å². The van der Waals surface area contributed by atoms with Crippen LogP contribution in [-0.4, -0.2) is 189 Å². The fraction of sp³-hybridized carbons (Fsp3) is 0.195. The van der Waals surface area contributed by atoms with Crippen LogP contribution in [0.15, 0.2) is 194 Å². The van der Waals surface area contributed by atoms with Gasteiger partial charge in [-0.3, -0.25) is 38.8 Å². The molecule has 10 rings (SSSR count).